The average Bonchev–Trinajstić information content (AvgIpc) is 2.92. The molecule has 0 unspecified atom stereocenters. The lowest BCUT2D eigenvalue weighted by molar-refractivity contribution is 0.0977. The second kappa shape index (κ2) is 12.9. The highest BCUT2D eigenvalue weighted by atomic mass is 32.1. The van der Waals surface area contributed by atoms with E-state index in [0.29, 0.717) is 31.1 Å². The third-order valence-corrected chi connectivity index (χ3v) is 5.25. The molecule has 0 bridgehead atoms. The summed E-state index contributed by atoms with van der Waals surface area (Å²) in [5, 5.41) is 5.90. The molecule has 0 atom stereocenters. The lowest BCUT2D eigenvalue weighted by Gasteiger charge is -2.12. The number of carbonyl (C=O) groups is 1. The summed E-state index contributed by atoms with van der Waals surface area (Å²) in [7, 11) is 0. The van der Waals surface area contributed by atoms with Gasteiger partial charge in [-0.25, -0.2) is 0 Å². The third-order valence-electron chi connectivity index (χ3n) is 5.05. The zero-order valence-corrected chi connectivity index (χ0v) is 20.4. The van der Waals surface area contributed by atoms with Crippen molar-refractivity contribution in [1.29, 1.82) is 0 Å². The highest BCUT2D eigenvalue weighted by Gasteiger charge is 2.09. The monoisotopic (exact) mass is 498 g/mol. The van der Waals surface area contributed by atoms with Crippen LogP contribution in [0.1, 0.15) is 15.9 Å². The van der Waals surface area contributed by atoms with E-state index in [1.165, 1.54) is 0 Å². The van der Waals surface area contributed by atoms with Crippen LogP contribution >= 0.6 is 12.2 Å². The minimum absolute atomic E-state index is 0.195. The molecule has 0 aliphatic carbocycles. The van der Waals surface area contributed by atoms with Gasteiger partial charge in [0, 0.05) is 11.3 Å². The molecule has 0 radical (unpaired) electrons. The van der Waals surface area contributed by atoms with Crippen molar-refractivity contribution in [2.45, 2.75) is 6.61 Å². The second-order valence-electron chi connectivity index (χ2n) is 7.74. The van der Waals surface area contributed by atoms with Gasteiger partial charge in [-0.15, -0.1) is 0 Å². The molecule has 182 valence electrons. The first-order chi connectivity index (χ1) is 17.7. The van der Waals surface area contributed by atoms with Gasteiger partial charge in [-0.05, 0) is 72.4 Å². The predicted molar refractivity (Wildman–Crippen MR) is 145 cm³/mol. The summed E-state index contributed by atoms with van der Waals surface area (Å²) in [4.78, 5) is 12.6. The number of ether oxygens (including phenoxy) is 3. The van der Waals surface area contributed by atoms with Gasteiger partial charge in [-0.1, -0.05) is 54.6 Å². The van der Waals surface area contributed by atoms with Crippen LogP contribution in [0.4, 0.5) is 5.69 Å². The second-order valence-corrected chi connectivity index (χ2v) is 8.15. The summed E-state index contributed by atoms with van der Waals surface area (Å²) < 4.78 is 17.1. The first kappa shape index (κ1) is 24.8. The van der Waals surface area contributed by atoms with E-state index in [-0.39, 0.29) is 11.0 Å². The molecule has 0 aliphatic heterocycles. The standard InChI is InChI=1S/C29H26N2O4S/c32-28(23-10-7-13-27(20-23)34-19-18-33-25-11-5-2-6-12-25)31-29(36)30-24-14-16-26(17-15-24)35-21-22-8-3-1-4-9-22/h1-17,20H,18-19,21H2,(H2,30,31,32,36). The Labute approximate surface area is 215 Å². The minimum Gasteiger partial charge on any atom is -0.490 e. The Morgan fingerprint density at radius 3 is 2.00 bits per heavy atom. The fourth-order valence-electron chi connectivity index (χ4n) is 3.28. The van der Waals surface area contributed by atoms with Gasteiger partial charge >= 0.3 is 0 Å². The number of amides is 1. The topological polar surface area (TPSA) is 68.8 Å². The lowest BCUT2D eigenvalue weighted by atomic mass is 10.2. The van der Waals surface area contributed by atoms with Crippen molar-refractivity contribution in [3.63, 3.8) is 0 Å². The molecule has 0 spiro atoms. The van der Waals surface area contributed by atoms with Crippen molar-refractivity contribution < 1.29 is 19.0 Å². The molecule has 4 aromatic rings. The summed E-state index contributed by atoms with van der Waals surface area (Å²) in [6.07, 6.45) is 0. The van der Waals surface area contributed by atoms with Crippen LogP contribution < -0.4 is 24.8 Å². The normalized spacial score (nSPS) is 10.2. The van der Waals surface area contributed by atoms with E-state index in [0.717, 1.165) is 22.7 Å². The summed E-state index contributed by atoms with van der Waals surface area (Å²) in [5.41, 5.74) is 2.27. The number of para-hydroxylation sites is 1. The Morgan fingerprint density at radius 2 is 1.28 bits per heavy atom. The SMILES string of the molecule is O=C(NC(=S)Nc1ccc(OCc2ccccc2)cc1)c1cccc(OCCOc2ccccc2)c1. The van der Waals surface area contributed by atoms with Crippen molar-refractivity contribution in [2.24, 2.45) is 0 Å². The molecule has 6 nitrogen and oxygen atoms in total. The molecule has 0 heterocycles. The average molecular weight is 499 g/mol. The number of nitrogens with one attached hydrogen (secondary N) is 2. The molecule has 4 aromatic carbocycles. The van der Waals surface area contributed by atoms with E-state index < -0.39 is 0 Å². The Bertz CT molecular complexity index is 1270. The maximum absolute atomic E-state index is 12.6. The van der Waals surface area contributed by atoms with Crippen LogP contribution in [0.3, 0.4) is 0 Å². The van der Waals surface area contributed by atoms with Gasteiger partial charge in [0.1, 0.15) is 37.1 Å². The van der Waals surface area contributed by atoms with Gasteiger partial charge in [0.2, 0.25) is 0 Å². The number of carbonyl (C=O) groups excluding carboxylic acids is 1. The van der Waals surface area contributed by atoms with Crippen molar-refractivity contribution in [2.75, 3.05) is 18.5 Å². The van der Waals surface area contributed by atoms with Gasteiger partial charge in [0.25, 0.3) is 5.91 Å². The van der Waals surface area contributed by atoms with E-state index >= 15 is 0 Å². The van der Waals surface area contributed by atoms with E-state index in [2.05, 4.69) is 10.6 Å². The molecule has 7 heteroatoms. The van der Waals surface area contributed by atoms with Gasteiger partial charge in [0.15, 0.2) is 5.11 Å². The Balaban J connectivity index is 1.21. The molecule has 4 rings (SSSR count). The van der Waals surface area contributed by atoms with Crippen molar-refractivity contribution in [3.8, 4) is 17.2 Å². The smallest absolute Gasteiger partial charge is 0.257 e. The number of rotatable bonds is 10. The molecule has 0 fully saturated rings. The summed E-state index contributed by atoms with van der Waals surface area (Å²) in [6, 6.07) is 33.8. The van der Waals surface area contributed by atoms with Crippen molar-refractivity contribution >= 4 is 28.9 Å². The first-order valence-electron chi connectivity index (χ1n) is 11.5. The van der Waals surface area contributed by atoms with Crippen molar-refractivity contribution in [1.82, 2.24) is 5.32 Å². The predicted octanol–water partition coefficient (Wildman–Crippen LogP) is 5.85. The fourth-order valence-corrected chi connectivity index (χ4v) is 3.49. The molecular weight excluding hydrogens is 472 g/mol. The van der Waals surface area contributed by atoms with Gasteiger partial charge in [0.05, 0.1) is 0 Å². The van der Waals surface area contributed by atoms with E-state index in [9.17, 15) is 4.79 Å². The first-order valence-corrected chi connectivity index (χ1v) is 11.9. The van der Waals surface area contributed by atoms with Crippen LogP contribution in [0.2, 0.25) is 0 Å². The largest absolute Gasteiger partial charge is 0.490 e. The van der Waals surface area contributed by atoms with E-state index in [1.807, 2.05) is 84.9 Å². The number of hydrogen-bond donors (Lipinski definition) is 2. The van der Waals surface area contributed by atoms with Gasteiger partial charge < -0.3 is 19.5 Å². The molecule has 0 aromatic heterocycles. The maximum Gasteiger partial charge on any atom is 0.257 e. The number of hydrogen-bond acceptors (Lipinski definition) is 5. The lowest BCUT2D eigenvalue weighted by Crippen LogP contribution is -2.34. The molecule has 36 heavy (non-hydrogen) atoms. The summed E-state index contributed by atoms with van der Waals surface area (Å²) >= 11 is 5.30. The zero-order chi connectivity index (χ0) is 25.0. The molecule has 0 saturated heterocycles. The molecule has 1 amide bonds. The third kappa shape index (κ3) is 7.85. The van der Waals surface area contributed by atoms with Crippen LogP contribution in [0.15, 0.2) is 109 Å². The number of benzene rings is 4. The summed E-state index contributed by atoms with van der Waals surface area (Å²) in [5.74, 6) is 1.76. The summed E-state index contributed by atoms with van der Waals surface area (Å²) in [6.45, 7) is 1.24. The van der Waals surface area contributed by atoms with Crippen LogP contribution in [-0.4, -0.2) is 24.2 Å². The Hall–Kier alpha value is -4.36. The fraction of sp³-hybridized carbons (Fsp3) is 0.103. The maximum atomic E-state index is 12.6. The van der Waals surface area contributed by atoms with Crippen LogP contribution in [-0.2, 0) is 6.61 Å². The van der Waals surface area contributed by atoms with E-state index in [4.69, 9.17) is 26.4 Å². The van der Waals surface area contributed by atoms with Crippen LogP contribution in [0.5, 0.6) is 17.2 Å². The molecule has 0 saturated carbocycles. The van der Waals surface area contributed by atoms with Crippen LogP contribution in [0.25, 0.3) is 0 Å². The highest BCUT2D eigenvalue weighted by molar-refractivity contribution is 7.80. The Morgan fingerprint density at radius 1 is 0.667 bits per heavy atom. The van der Waals surface area contributed by atoms with Gasteiger partial charge in [-0.2, -0.15) is 0 Å². The van der Waals surface area contributed by atoms with E-state index in [1.54, 1.807) is 24.3 Å². The molecule has 2 N–H and O–H groups in total. The van der Waals surface area contributed by atoms with Crippen molar-refractivity contribution in [3.05, 3.63) is 120 Å². The van der Waals surface area contributed by atoms with Gasteiger partial charge in [-0.3, -0.25) is 10.1 Å². The number of anilines is 1. The highest BCUT2D eigenvalue weighted by Crippen LogP contribution is 2.18. The molecular formula is C29H26N2O4S. The quantitative estimate of drug-likeness (QED) is 0.211. The Kier molecular flexibility index (Phi) is 8.89. The zero-order valence-electron chi connectivity index (χ0n) is 19.6. The number of thiocarbonyl (C=S) groups is 1. The minimum atomic E-state index is -0.332. The van der Waals surface area contributed by atoms with Crippen LogP contribution in [0, 0.1) is 0 Å². The molecule has 0 aliphatic rings.